The predicted octanol–water partition coefficient (Wildman–Crippen LogP) is 2.50. The summed E-state index contributed by atoms with van der Waals surface area (Å²) in [6.07, 6.45) is 9.63. The van der Waals surface area contributed by atoms with E-state index >= 15 is 0 Å². The molecule has 6 aliphatic rings. The third kappa shape index (κ3) is 4.48. The van der Waals surface area contributed by atoms with Crippen LogP contribution in [0.5, 0.6) is 0 Å². The Labute approximate surface area is 214 Å². The van der Waals surface area contributed by atoms with E-state index in [1.807, 2.05) is 17.0 Å². The fraction of sp³-hybridized carbons (Fsp3) is 0.724. The van der Waals surface area contributed by atoms with Gasteiger partial charge in [0, 0.05) is 37.3 Å². The molecule has 2 unspecified atom stereocenters. The number of nitrogens with two attached hydrogens (primary N) is 1. The monoisotopic (exact) mass is 495 g/mol. The fourth-order valence-corrected chi connectivity index (χ4v) is 9.15. The number of carbonyl (C=O) groups excluding carboxylic acids is 2. The zero-order valence-electron chi connectivity index (χ0n) is 21.2. The number of aliphatic hydroxyl groups excluding tert-OH is 1. The van der Waals surface area contributed by atoms with Crippen LogP contribution in [0.4, 0.5) is 0 Å². The number of hydrogen-bond donors (Lipinski definition) is 3. The van der Waals surface area contributed by atoms with Crippen molar-refractivity contribution >= 4 is 11.8 Å². The number of fused-ring (bicyclic) bond motifs is 2. The van der Waals surface area contributed by atoms with Crippen molar-refractivity contribution in [1.82, 2.24) is 9.80 Å². The van der Waals surface area contributed by atoms with Gasteiger partial charge in [-0.25, -0.2) is 0 Å². The topological polar surface area (TPSA) is 107 Å². The van der Waals surface area contributed by atoms with Gasteiger partial charge < -0.3 is 20.8 Å². The van der Waals surface area contributed by atoms with Gasteiger partial charge in [-0.15, -0.1) is 0 Å². The van der Waals surface area contributed by atoms with Gasteiger partial charge >= 0.3 is 0 Å². The normalized spacial score (nSPS) is 38.9. The lowest BCUT2D eigenvalue weighted by molar-refractivity contribution is -0.160. The Bertz CT molecular complexity index is 984. The number of carbonyl (C=O) groups is 2. The van der Waals surface area contributed by atoms with E-state index in [0.29, 0.717) is 53.8 Å². The third-order valence-corrected chi connectivity index (χ3v) is 10.5. The zero-order chi connectivity index (χ0) is 25.0. The first kappa shape index (κ1) is 24.4. The summed E-state index contributed by atoms with van der Waals surface area (Å²) in [5.74, 6) is 2.04. The fourth-order valence-electron chi connectivity index (χ4n) is 9.15. The van der Waals surface area contributed by atoms with E-state index in [2.05, 4.69) is 11.0 Å². The van der Waals surface area contributed by atoms with Crippen molar-refractivity contribution < 1.29 is 19.8 Å². The highest BCUT2D eigenvalue weighted by molar-refractivity contribution is 5.92. The molecule has 5 atom stereocenters. The van der Waals surface area contributed by atoms with Crippen LogP contribution in [0, 0.1) is 23.7 Å². The summed E-state index contributed by atoms with van der Waals surface area (Å²) in [6, 6.07) is 8.79. The smallest absolute Gasteiger partial charge is 0.248 e. The lowest BCUT2D eigenvalue weighted by Crippen LogP contribution is -2.57. The van der Waals surface area contributed by atoms with Gasteiger partial charge in [0.2, 0.25) is 11.8 Å². The van der Waals surface area contributed by atoms with Crippen LogP contribution in [0.3, 0.4) is 0 Å². The molecular weight excluding hydrogens is 454 g/mol. The Balaban J connectivity index is 1.09. The van der Waals surface area contributed by atoms with Gasteiger partial charge in [-0.05, 0) is 105 Å². The maximum absolute atomic E-state index is 12.8. The van der Waals surface area contributed by atoms with E-state index in [9.17, 15) is 19.8 Å². The molecule has 2 aliphatic heterocycles. The van der Waals surface area contributed by atoms with E-state index in [4.69, 9.17) is 5.73 Å². The Kier molecular flexibility index (Phi) is 6.37. The van der Waals surface area contributed by atoms with Crippen molar-refractivity contribution in [2.24, 2.45) is 29.4 Å². The molecule has 196 valence electrons. The van der Waals surface area contributed by atoms with E-state index in [-0.39, 0.29) is 11.8 Å². The molecule has 1 aromatic carbocycles. The van der Waals surface area contributed by atoms with Crippen LogP contribution in [0.2, 0.25) is 0 Å². The molecule has 1 aromatic rings. The Hall–Kier alpha value is -1.96. The van der Waals surface area contributed by atoms with Crippen LogP contribution in [-0.2, 0) is 4.79 Å². The Morgan fingerprint density at radius 1 is 1.06 bits per heavy atom. The molecule has 7 nitrogen and oxygen atoms in total. The van der Waals surface area contributed by atoms with Crippen LogP contribution in [0.1, 0.15) is 79.6 Å². The van der Waals surface area contributed by atoms with Crippen molar-refractivity contribution in [2.75, 3.05) is 26.2 Å². The molecule has 4 aliphatic carbocycles. The van der Waals surface area contributed by atoms with Crippen molar-refractivity contribution in [1.29, 1.82) is 0 Å². The molecule has 2 amide bonds. The lowest BCUT2D eigenvalue weighted by Gasteiger charge is -2.58. The highest BCUT2D eigenvalue weighted by Crippen LogP contribution is 2.58. The van der Waals surface area contributed by atoms with Crippen LogP contribution >= 0.6 is 0 Å². The minimum absolute atomic E-state index is 0.159. The first-order valence-electron chi connectivity index (χ1n) is 14.1. The molecule has 2 heterocycles. The summed E-state index contributed by atoms with van der Waals surface area (Å²) in [4.78, 5) is 29.0. The highest BCUT2D eigenvalue weighted by atomic mass is 16.3. The Morgan fingerprint density at radius 3 is 2.36 bits per heavy atom. The number of piperidine rings is 1. The number of rotatable bonds is 8. The predicted molar refractivity (Wildman–Crippen MR) is 136 cm³/mol. The summed E-state index contributed by atoms with van der Waals surface area (Å²) in [6.45, 7) is 1.81. The molecule has 2 saturated heterocycles. The zero-order valence-corrected chi connectivity index (χ0v) is 21.2. The summed E-state index contributed by atoms with van der Waals surface area (Å²) in [5.41, 5.74) is 6.84. The molecule has 4 saturated carbocycles. The number of primary amides is 1. The van der Waals surface area contributed by atoms with Crippen molar-refractivity contribution in [3.8, 4) is 0 Å². The molecule has 36 heavy (non-hydrogen) atoms. The molecule has 7 heteroatoms. The van der Waals surface area contributed by atoms with Crippen molar-refractivity contribution in [3.63, 3.8) is 0 Å². The van der Waals surface area contributed by atoms with Gasteiger partial charge in [-0.2, -0.15) is 0 Å². The van der Waals surface area contributed by atoms with Crippen LogP contribution < -0.4 is 5.73 Å². The standard InChI is InChI=1S/C29H41N3O4/c30-28(35)20-3-1-2-19(10-20)21-11-24-4-5-25(12-21)32(24)7-6-31(27(34)17-33)16-26-22-8-18-9-23(26)15-29(36,13-18)14-22/h1-3,10,18,21-26,33,36H,4-9,11-17H2,(H2,30,35)/t18?,21-,22?,23?,24+,25-,26?,29?. The van der Waals surface area contributed by atoms with E-state index in [0.717, 1.165) is 45.2 Å². The molecule has 4 N–H and O–H groups in total. The largest absolute Gasteiger partial charge is 0.390 e. The molecule has 6 bridgehead atoms. The second-order valence-electron chi connectivity index (χ2n) is 12.6. The summed E-state index contributed by atoms with van der Waals surface area (Å²) < 4.78 is 0. The van der Waals surface area contributed by atoms with Gasteiger partial charge in [-0.3, -0.25) is 14.5 Å². The van der Waals surface area contributed by atoms with Crippen LogP contribution in [0.25, 0.3) is 0 Å². The molecule has 7 rings (SSSR count). The Morgan fingerprint density at radius 2 is 1.75 bits per heavy atom. The van der Waals surface area contributed by atoms with Gasteiger partial charge in [0.1, 0.15) is 6.61 Å². The van der Waals surface area contributed by atoms with Gasteiger partial charge in [-0.1, -0.05) is 12.1 Å². The van der Waals surface area contributed by atoms with Crippen molar-refractivity contribution in [3.05, 3.63) is 35.4 Å². The highest BCUT2D eigenvalue weighted by Gasteiger charge is 2.55. The van der Waals surface area contributed by atoms with E-state index < -0.39 is 12.2 Å². The molecule has 0 radical (unpaired) electrons. The molecule has 0 spiro atoms. The SMILES string of the molecule is NC(=O)c1cccc([C@H]2C[C@H]3CC[C@@H](C2)N3CCN(CC2C3CC4CC2CC(O)(C4)C3)C(=O)CO)c1. The van der Waals surface area contributed by atoms with Crippen LogP contribution in [0.15, 0.2) is 24.3 Å². The third-order valence-electron chi connectivity index (χ3n) is 10.5. The first-order chi connectivity index (χ1) is 17.3. The second-order valence-corrected chi connectivity index (χ2v) is 12.6. The molecule has 6 fully saturated rings. The number of aliphatic hydroxyl groups is 2. The van der Waals surface area contributed by atoms with E-state index in [1.165, 1.54) is 31.2 Å². The average molecular weight is 496 g/mol. The summed E-state index contributed by atoms with van der Waals surface area (Å²) >= 11 is 0. The number of hydrogen-bond acceptors (Lipinski definition) is 5. The van der Waals surface area contributed by atoms with Crippen molar-refractivity contribution in [2.45, 2.75) is 81.4 Å². The van der Waals surface area contributed by atoms with Gasteiger partial charge in [0.25, 0.3) is 0 Å². The second kappa shape index (κ2) is 9.41. The first-order valence-corrected chi connectivity index (χ1v) is 14.1. The van der Waals surface area contributed by atoms with E-state index in [1.54, 1.807) is 6.07 Å². The number of amides is 2. The molecule has 0 aromatic heterocycles. The average Bonchev–Trinajstić information content (AvgIpc) is 3.08. The lowest BCUT2D eigenvalue weighted by atomic mass is 9.50. The maximum atomic E-state index is 12.8. The number of benzene rings is 1. The maximum Gasteiger partial charge on any atom is 0.248 e. The molecular formula is C29H41N3O4. The minimum atomic E-state index is -0.459. The van der Waals surface area contributed by atoms with Gasteiger partial charge in [0.15, 0.2) is 0 Å². The van der Waals surface area contributed by atoms with Crippen LogP contribution in [-0.4, -0.2) is 75.8 Å². The quantitative estimate of drug-likeness (QED) is 0.514. The number of nitrogens with zero attached hydrogens (tertiary/aromatic N) is 2. The minimum Gasteiger partial charge on any atom is -0.390 e. The summed E-state index contributed by atoms with van der Waals surface area (Å²) in [7, 11) is 0. The van der Waals surface area contributed by atoms with Gasteiger partial charge in [0.05, 0.1) is 5.60 Å². The summed E-state index contributed by atoms with van der Waals surface area (Å²) in [5, 5.41) is 20.7.